The molecule has 0 aliphatic heterocycles. The van der Waals surface area contributed by atoms with Gasteiger partial charge in [-0.1, -0.05) is 6.07 Å². The van der Waals surface area contributed by atoms with Crippen LogP contribution in [0.3, 0.4) is 0 Å². The number of nitrogens with zero attached hydrogens (tertiary/aromatic N) is 2. The summed E-state index contributed by atoms with van der Waals surface area (Å²) in [6.45, 7) is 0. The second-order valence-electron chi connectivity index (χ2n) is 3.38. The molecule has 1 aromatic carbocycles. The van der Waals surface area contributed by atoms with Crippen molar-refractivity contribution in [2.75, 3.05) is 11.1 Å². The van der Waals surface area contributed by atoms with Gasteiger partial charge in [0.1, 0.15) is 17.5 Å². The minimum Gasteiger partial charge on any atom is -0.384 e. The molecule has 4 nitrogen and oxygen atoms in total. The van der Waals surface area contributed by atoms with E-state index in [1.54, 1.807) is 18.2 Å². The van der Waals surface area contributed by atoms with E-state index in [2.05, 4.69) is 10.3 Å². The highest BCUT2D eigenvalue weighted by Gasteiger charge is 2.04. The van der Waals surface area contributed by atoms with Crippen LogP contribution in [0.4, 0.5) is 21.7 Å². The predicted octanol–water partition coefficient (Wildman–Crippen LogP) is 2.42. The lowest BCUT2D eigenvalue weighted by Crippen LogP contribution is -1.98. The molecule has 3 N–H and O–H groups in total. The first-order valence-electron chi connectivity index (χ1n) is 4.88. The average Bonchev–Trinajstić information content (AvgIpc) is 2.32. The summed E-state index contributed by atoms with van der Waals surface area (Å²) in [5.41, 5.74) is 6.03. The Labute approximate surface area is 97.5 Å². The summed E-state index contributed by atoms with van der Waals surface area (Å²) < 4.78 is 13.6. The number of hydrogen-bond donors (Lipinski definition) is 2. The molecule has 0 saturated carbocycles. The highest BCUT2D eigenvalue weighted by atomic mass is 19.1. The highest BCUT2D eigenvalue weighted by molar-refractivity contribution is 5.59. The Morgan fingerprint density at radius 3 is 2.76 bits per heavy atom. The number of anilines is 3. The lowest BCUT2D eigenvalue weighted by molar-refractivity contribution is 0.631. The molecule has 0 aliphatic rings. The number of nitrogens with one attached hydrogen (secondary N) is 1. The molecule has 0 atom stereocenters. The van der Waals surface area contributed by atoms with E-state index in [-0.39, 0.29) is 11.3 Å². The molecule has 0 radical (unpaired) electrons. The fourth-order valence-electron chi connectivity index (χ4n) is 1.35. The van der Waals surface area contributed by atoms with Crippen LogP contribution in [0.5, 0.6) is 0 Å². The van der Waals surface area contributed by atoms with E-state index in [0.717, 1.165) is 6.07 Å². The number of rotatable bonds is 2. The zero-order chi connectivity index (χ0) is 12.3. The van der Waals surface area contributed by atoms with Crippen molar-refractivity contribution in [3.05, 3.63) is 47.8 Å². The van der Waals surface area contributed by atoms with Crippen LogP contribution in [0, 0.1) is 17.1 Å². The Morgan fingerprint density at radius 1 is 1.29 bits per heavy atom. The normalized spacial score (nSPS) is 9.65. The Morgan fingerprint density at radius 2 is 2.12 bits per heavy atom. The van der Waals surface area contributed by atoms with Gasteiger partial charge in [0.25, 0.3) is 0 Å². The summed E-state index contributed by atoms with van der Waals surface area (Å²) in [7, 11) is 0. The Bertz CT molecular complexity index is 589. The second-order valence-corrected chi connectivity index (χ2v) is 3.38. The first-order valence-corrected chi connectivity index (χ1v) is 4.88. The SMILES string of the molecule is N#Cc1ccc(Nc2cccc(N)n2)c(F)c1. The van der Waals surface area contributed by atoms with E-state index in [1.165, 1.54) is 12.1 Å². The maximum atomic E-state index is 13.6. The lowest BCUT2D eigenvalue weighted by atomic mass is 10.2. The van der Waals surface area contributed by atoms with E-state index >= 15 is 0 Å². The minimum atomic E-state index is -0.506. The van der Waals surface area contributed by atoms with Crippen LogP contribution >= 0.6 is 0 Å². The van der Waals surface area contributed by atoms with E-state index in [0.29, 0.717) is 11.6 Å². The molecule has 0 spiro atoms. The third-order valence-corrected chi connectivity index (χ3v) is 2.13. The molecule has 5 heteroatoms. The monoisotopic (exact) mass is 228 g/mol. The van der Waals surface area contributed by atoms with Crippen molar-refractivity contribution in [3.63, 3.8) is 0 Å². The zero-order valence-corrected chi connectivity index (χ0v) is 8.81. The van der Waals surface area contributed by atoms with Crippen LogP contribution in [0.15, 0.2) is 36.4 Å². The maximum Gasteiger partial charge on any atom is 0.147 e. The van der Waals surface area contributed by atoms with Gasteiger partial charge in [0.2, 0.25) is 0 Å². The number of pyridine rings is 1. The summed E-state index contributed by atoms with van der Waals surface area (Å²) in [5, 5.41) is 11.4. The Kier molecular flexibility index (Phi) is 2.88. The summed E-state index contributed by atoms with van der Waals surface area (Å²) in [6, 6.07) is 11.1. The maximum absolute atomic E-state index is 13.6. The Hall–Kier alpha value is -2.61. The van der Waals surface area contributed by atoms with Crippen molar-refractivity contribution in [1.29, 1.82) is 5.26 Å². The van der Waals surface area contributed by atoms with Gasteiger partial charge in [0, 0.05) is 0 Å². The van der Waals surface area contributed by atoms with E-state index in [9.17, 15) is 4.39 Å². The van der Waals surface area contributed by atoms with Crippen molar-refractivity contribution < 1.29 is 4.39 Å². The number of nitrogens with two attached hydrogens (primary N) is 1. The van der Waals surface area contributed by atoms with Gasteiger partial charge < -0.3 is 11.1 Å². The van der Waals surface area contributed by atoms with Crippen molar-refractivity contribution in [2.45, 2.75) is 0 Å². The second kappa shape index (κ2) is 4.49. The first kappa shape index (κ1) is 10.9. The van der Waals surface area contributed by atoms with Crippen LogP contribution in [0.1, 0.15) is 5.56 Å². The quantitative estimate of drug-likeness (QED) is 0.827. The smallest absolute Gasteiger partial charge is 0.147 e. The molecule has 0 fully saturated rings. The topological polar surface area (TPSA) is 74.7 Å². The molecule has 1 aromatic heterocycles. The van der Waals surface area contributed by atoms with Crippen LogP contribution in [0.2, 0.25) is 0 Å². The molecule has 0 saturated heterocycles. The molecular formula is C12H9FN4. The Balaban J connectivity index is 2.28. The van der Waals surface area contributed by atoms with Gasteiger partial charge in [-0.15, -0.1) is 0 Å². The number of hydrogen-bond acceptors (Lipinski definition) is 4. The van der Waals surface area contributed by atoms with Crippen molar-refractivity contribution in [1.82, 2.24) is 4.98 Å². The van der Waals surface area contributed by atoms with Crippen molar-refractivity contribution in [3.8, 4) is 6.07 Å². The van der Waals surface area contributed by atoms with Crippen LogP contribution in [0.25, 0.3) is 0 Å². The van der Waals surface area contributed by atoms with Gasteiger partial charge in [-0.25, -0.2) is 9.37 Å². The molecule has 1 heterocycles. The molecule has 0 amide bonds. The first-order chi connectivity index (χ1) is 8.19. The van der Waals surface area contributed by atoms with E-state index in [4.69, 9.17) is 11.0 Å². The van der Waals surface area contributed by atoms with Crippen LogP contribution in [-0.4, -0.2) is 4.98 Å². The van der Waals surface area contributed by atoms with Gasteiger partial charge in [0.05, 0.1) is 17.3 Å². The molecule has 0 aliphatic carbocycles. The summed E-state index contributed by atoms with van der Waals surface area (Å²) in [6.07, 6.45) is 0. The number of benzene rings is 1. The predicted molar refractivity (Wildman–Crippen MR) is 63.0 cm³/mol. The molecule has 0 unspecified atom stereocenters. The standard InChI is InChI=1S/C12H9FN4/c13-9-6-8(7-14)4-5-10(9)16-12-3-1-2-11(15)17-12/h1-6H,(H3,15,16,17). The molecule has 84 valence electrons. The lowest BCUT2D eigenvalue weighted by Gasteiger charge is -2.07. The summed E-state index contributed by atoms with van der Waals surface area (Å²) in [4.78, 5) is 3.99. The summed E-state index contributed by atoms with van der Waals surface area (Å²) >= 11 is 0. The van der Waals surface area contributed by atoms with Gasteiger partial charge in [0.15, 0.2) is 0 Å². The fraction of sp³-hybridized carbons (Fsp3) is 0. The highest BCUT2D eigenvalue weighted by Crippen LogP contribution is 2.19. The van der Waals surface area contributed by atoms with E-state index < -0.39 is 5.82 Å². The molecule has 2 rings (SSSR count). The van der Waals surface area contributed by atoms with Gasteiger partial charge in [-0.3, -0.25) is 0 Å². The third-order valence-electron chi connectivity index (χ3n) is 2.13. The van der Waals surface area contributed by atoms with Crippen molar-refractivity contribution in [2.24, 2.45) is 0 Å². The van der Waals surface area contributed by atoms with Gasteiger partial charge in [-0.2, -0.15) is 5.26 Å². The van der Waals surface area contributed by atoms with Gasteiger partial charge >= 0.3 is 0 Å². The minimum absolute atomic E-state index is 0.252. The van der Waals surface area contributed by atoms with Crippen LogP contribution in [-0.2, 0) is 0 Å². The van der Waals surface area contributed by atoms with Gasteiger partial charge in [-0.05, 0) is 30.3 Å². The fourth-order valence-corrected chi connectivity index (χ4v) is 1.35. The summed E-state index contributed by atoms with van der Waals surface area (Å²) in [5.74, 6) is 0.297. The number of nitriles is 1. The molecular weight excluding hydrogens is 219 g/mol. The number of aromatic nitrogens is 1. The third kappa shape index (κ3) is 2.49. The average molecular weight is 228 g/mol. The zero-order valence-electron chi connectivity index (χ0n) is 8.81. The van der Waals surface area contributed by atoms with Crippen molar-refractivity contribution >= 4 is 17.3 Å². The molecule has 0 bridgehead atoms. The van der Waals surface area contributed by atoms with Crippen LogP contribution < -0.4 is 11.1 Å². The number of halogens is 1. The molecule has 17 heavy (non-hydrogen) atoms. The molecule has 2 aromatic rings. The van der Waals surface area contributed by atoms with E-state index in [1.807, 2.05) is 6.07 Å². The largest absolute Gasteiger partial charge is 0.384 e. The number of nitrogen functional groups attached to an aromatic ring is 1.